The largest absolute Gasteiger partial charge is 0.204 e. The molecule has 1 unspecified atom stereocenters. The van der Waals surface area contributed by atoms with Gasteiger partial charge in [-0.1, -0.05) is 169 Å². The molecule has 0 aliphatic heterocycles. The van der Waals surface area contributed by atoms with Crippen LogP contribution in [0.1, 0.15) is 11.1 Å². The number of benzene rings is 8. The molecular weight excluding hydrogens is 698 g/mol. The molecule has 0 amide bonds. The standard InChI is InChI=1S/C50H39ClP2/c51-49(52(39-23-7-1-8-24-39,40-25-9-2-10-26-40)41-27-11-3-12-28-41)50(47-37-21-19-35-45(47)46-36-20-22-38-48(46)50)53(42-29-13-4-14-30-42,43-31-15-5-16-32-43)44-33-17-6-18-34-44/h1-38,49H/q+2. The Hall–Kier alpha value is -5.09. The van der Waals surface area contributed by atoms with Gasteiger partial charge in [0.2, 0.25) is 5.12 Å². The second-order valence-corrected chi connectivity index (χ2v) is 21.4. The van der Waals surface area contributed by atoms with Crippen LogP contribution < -0.4 is 31.8 Å². The first-order valence-corrected chi connectivity index (χ1v) is 22.3. The Morgan fingerprint density at radius 3 is 0.849 bits per heavy atom. The highest BCUT2D eigenvalue weighted by atomic mass is 35.5. The van der Waals surface area contributed by atoms with Gasteiger partial charge in [-0.15, -0.1) is 0 Å². The van der Waals surface area contributed by atoms with E-state index in [1.807, 2.05) is 0 Å². The first-order chi connectivity index (χ1) is 26.2. The van der Waals surface area contributed by atoms with Gasteiger partial charge in [-0.25, -0.2) is 0 Å². The molecule has 0 saturated heterocycles. The van der Waals surface area contributed by atoms with Crippen LogP contribution in [0.2, 0.25) is 0 Å². The molecule has 9 rings (SSSR count). The third-order valence-corrected chi connectivity index (χ3v) is 22.1. The maximum absolute atomic E-state index is 9.14. The molecule has 0 aromatic heterocycles. The minimum absolute atomic E-state index is 0.444. The SMILES string of the molecule is ClC(C1([P+](c2ccccc2)(c2ccccc2)c2ccccc2)c2ccccc2-c2ccccc21)[P+](c1ccccc1)(c1ccccc1)c1ccccc1. The molecule has 0 nitrogen and oxygen atoms in total. The molecule has 8 aromatic carbocycles. The first-order valence-electron chi connectivity index (χ1n) is 18.2. The summed E-state index contributed by atoms with van der Waals surface area (Å²) in [5.41, 5.74) is 5.10. The summed E-state index contributed by atoms with van der Waals surface area (Å²) >= 11 is 9.14. The highest BCUT2D eigenvalue weighted by molar-refractivity contribution is 8.01. The van der Waals surface area contributed by atoms with Gasteiger partial charge in [0, 0.05) is 11.1 Å². The molecule has 0 heterocycles. The average molecular weight is 737 g/mol. The van der Waals surface area contributed by atoms with E-state index in [0.717, 1.165) is 0 Å². The fourth-order valence-electron chi connectivity index (χ4n) is 9.15. The summed E-state index contributed by atoms with van der Waals surface area (Å²) in [5.74, 6) is 0. The maximum Gasteiger partial charge on any atom is 0.204 e. The quantitative estimate of drug-likeness (QED) is 0.102. The van der Waals surface area contributed by atoms with Crippen molar-refractivity contribution in [3.05, 3.63) is 242 Å². The van der Waals surface area contributed by atoms with Crippen LogP contribution >= 0.6 is 26.1 Å². The van der Waals surface area contributed by atoms with Crippen molar-refractivity contribution in [3.63, 3.8) is 0 Å². The zero-order valence-corrected chi connectivity index (χ0v) is 31.8. The summed E-state index contributed by atoms with van der Waals surface area (Å²) in [4.78, 5) is 0. The van der Waals surface area contributed by atoms with E-state index in [0.29, 0.717) is 0 Å². The highest BCUT2D eigenvalue weighted by Crippen LogP contribution is 2.84. The summed E-state index contributed by atoms with van der Waals surface area (Å²) < 4.78 is 0. The first kappa shape index (κ1) is 33.7. The van der Waals surface area contributed by atoms with E-state index in [1.54, 1.807) is 0 Å². The molecule has 1 aliphatic carbocycles. The van der Waals surface area contributed by atoms with Crippen LogP contribution in [0.15, 0.2) is 231 Å². The van der Waals surface area contributed by atoms with E-state index in [4.69, 9.17) is 11.6 Å². The zero-order chi connectivity index (χ0) is 35.7. The van der Waals surface area contributed by atoms with Gasteiger partial charge in [-0.05, 0) is 83.9 Å². The number of halogens is 1. The fraction of sp³-hybridized carbons (Fsp3) is 0.0400. The molecule has 0 saturated carbocycles. The number of hydrogen-bond acceptors (Lipinski definition) is 0. The predicted molar refractivity (Wildman–Crippen MR) is 233 cm³/mol. The Morgan fingerprint density at radius 2 is 0.547 bits per heavy atom. The summed E-state index contributed by atoms with van der Waals surface area (Å²) in [6, 6.07) is 85.7. The van der Waals surface area contributed by atoms with Crippen molar-refractivity contribution >= 4 is 58.0 Å². The molecule has 3 heteroatoms. The third-order valence-electron chi connectivity index (χ3n) is 11.1. The molecule has 254 valence electrons. The lowest BCUT2D eigenvalue weighted by atomic mass is 9.97. The Morgan fingerprint density at radius 1 is 0.302 bits per heavy atom. The monoisotopic (exact) mass is 736 g/mol. The second-order valence-electron chi connectivity index (χ2n) is 13.6. The molecule has 0 radical (unpaired) electrons. The van der Waals surface area contributed by atoms with Gasteiger partial charge in [0.05, 0.1) is 0 Å². The van der Waals surface area contributed by atoms with E-state index in [1.165, 1.54) is 54.1 Å². The van der Waals surface area contributed by atoms with Crippen LogP contribution in [0.4, 0.5) is 0 Å². The van der Waals surface area contributed by atoms with E-state index >= 15 is 0 Å². The number of fused-ring (bicyclic) bond motifs is 3. The lowest BCUT2D eigenvalue weighted by Crippen LogP contribution is -2.54. The molecule has 1 aliphatic rings. The minimum atomic E-state index is -2.81. The van der Waals surface area contributed by atoms with E-state index in [9.17, 15) is 0 Å². The molecule has 8 aromatic rings. The van der Waals surface area contributed by atoms with Gasteiger partial charge in [-0.2, -0.15) is 0 Å². The molecule has 0 N–H and O–H groups in total. The van der Waals surface area contributed by atoms with Crippen molar-refractivity contribution in [1.82, 2.24) is 0 Å². The van der Waals surface area contributed by atoms with Crippen molar-refractivity contribution in [2.75, 3.05) is 0 Å². The Labute approximate surface area is 319 Å². The molecule has 53 heavy (non-hydrogen) atoms. The van der Waals surface area contributed by atoms with Gasteiger partial charge >= 0.3 is 0 Å². The number of rotatable bonds is 9. The predicted octanol–water partition coefficient (Wildman–Crippen LogP) is 10.5. The van der Waals surface area contributed by atoms with Crippen LogP contribution in [0, 0.1) is 0 Å². The third kappa shape index (κ3) is 4.97. The highest BCUT2D eigenvalue weighted by Gasteiger charge is 2.77. The minimum Gasteiger partial charge on any atom is -0.0715 e. The van der Waals surface area contributed by atoms with E-state index in [2.05, 4.69) is 231 Å². The van der Waals surface area contributed by atoms with E-state index < -0.39 is 24.8 Å². The van der Waals surface area contributed by atoms with Gasteiger partial charge in [0.15, 0.2) is 5.16 Å². The second kappa shape index (κ2) is 14.0. The van der Waals surface area contributed by atoms with Crippen molar-refractivity contribution in [2.45, 2.75) is 10.3 Å². The van der Waals surface area contributed by atoms with Crippen LogP contribution in [0.3, 0.4) is 0 Å². The Balaban J connectivity index is 1.58. The number of alkyl halides is 1. The molecular formula is C50H39ClP2+2. The average Bonchev–Trinajstić information content (AvgIpc) is 3.55. The van der Waals surface area contributed by atoms with E-state index in [-0.39, 0.29) is 0 Å². The lowest BCUT2D eigenvalue weighted by Gasteiger charge is -2.48. The van der Waals surface area contributed by atoms with Crippen molar-refractivity contribution < 1.29 is 0 Å². The summed E-state index contributed by atoms with van der Waals surface area (Å²) in [6.07, 6.45) is 0. The number of hydrogen-bond donors (Lipinski definition) is 0. The van der Waals surface area contributed by atoms with Crippen LogP contribution in [-0.4, -0.2) is 5.12 Å². The Kier molecular flexibility index (Phi) is 8.94. The molecule has 0 fully saturated rings. The van der Waals surface area contributed by atoms with Gasteiger partial charge < -0.3 is 0 Å². The van der Waals surface area contributed by atoms with Crippen molar-refractivity contribution in [3.8, 4) is 11.1 Å². The van der Waals surface area contributed by atoms with Crippen molar-refractivity contribution in [2.24, 2.45) is 0 Å². The molecule has 1 atom stereocenters. The van der Waals surface area contributed by atoms with Crippen LogP contribution in [0.25, 0.3) is 11.1 Å². The Bertz CT molecular complexity index is 2210. The molecule has 0 bridgehead atoms. The summed E-state index contributed by atoms with van der Waals surface area (Å²) in [7, 11) is -5.55. The van der Waals surface area contributed by atoms with Gasteiger partial charge in [0.1, 0.15) is 46.4 Å². The summed E-state index contributed by atoms with van der Waals surface area (Å²) in [5, 5.41) is 6.55. The normalized spacial score (nSPS) is 13.8. The topological polar surface area (TPSA) is 0 Å². The smallest absolute Gasteiger partial charge is 0.0715 e. The fourth-order valence-corrected chi connectivity index (χ4v) is 21.7. The van der Waals surface area contributed by atoms with Crippen molar-refractivity contribution in [1.29, 1.82) is 0 Å². The molecule has 0 spiro atoms. The lowest BCUT2D eigenvalue weighted by molar-refractivity contribution is 0.815. The van der Waals surface area contributed by atoms with Gasteiger partial charge in [-0.3, -0.25) is 0 Å². The zero-order valence-electron chi connectivity index (χ0n) is 29.3. The van der Waals surface area contributed by atoms with Crippen LogP contribution in [0.5, 0.6) is 0 Å². The van der Waals surface area contributed by atoms with Gasteiger partial charge in [0.25, 0.3) is 0 Å². The summed E-state index contributed by atoms with van der Waals surface area (Å²) in [6.45, 7) is 0. The van der Waals surface area contributed by atoms with Crippen LogP contribution in [-0.2, 0) is 5.16 Å². The maximum atomic E-state index is 9.14.